The first-order valence-electron chi connectivity index (χ1n) is 5.31. The number of methoxy groups -OCH3 is 1. The zero-order valence-corrected chi connectivity index (χ0v) is 9.18. The van der Waals surface area contributed by atoms with Gasteiger partial charge in [-0.2, -0.15) is 5.10 Å². The summed E-state index contributed by atoms with van der Waals surface area (Å²) in [4.78, 5) is 10.2. The predicted octanol–water partition coefficient (Wildman–Crippen LogP) is 1.43. The Labute approximate surface area is 93.8 Å². The number of hydrogen-bond acceptors (Lipinski definition) is 5. The fourth-order valence-corrected chi connectivity index (χ4v) is 1.74. The maximum Gasteiger partial charge on any atom is 0.293 e. The first-order chi connectivity index (χ1) is 7.85. The topological polar surface area (TPSA) is 61.3 Å². The van der Waals surface area contributed by atoms with Crippen LogP contribution in [0, 0.1) is 0 Å². The lowest BCUT2D eigenvalue weighted by Crippen LogP contribution is -2.12. The van der Waals surface area contributed by atoms with Gasteiger partial charge in [-0.3, -0.25) is 4.79 Å². The highest BCUT2D eigenvalue weighted by atomic mass is 16.5. The molecule has 0 spiro atoms. The number of rotatable bonds is 5. The molecule has 2 rings (SSSR count). The SMILES string of the molecule is COc1nnc(C2CCC2)cc1COC=O. The zero-order valence-electron chi connectivity index (χ0n) is 9.18. The molecule has 1 aliphatic rings. The van der Waals surface area contributed by atoms with Gasteiger partial charge in [0.05, 0.1) is 18.4 Å². The highest BCUT2D eigenvalue weighted by molar-refractivity contribution is 5.38. The summed E-state index contributed by atoms with van der Waals surface area (Å²) in [6.45, 7) is 0.602. The van der Waals surface area contributed by atoms with Crippen molar-refractivity contribution in [3.05, 3.63) is 17.3 Å². The number of carbonyl (C=O) groups excluding carboxylic acids is 1. The van der Waals surface area contributed by atoms with Gasteiger partial charge < -0.3 is 9.47 Å². The number of carbonyl (C=O) groups is 1. The molecule has 1 aromatic heterocycles. The Balaban J connectivity index is 2.19. The van der Waals surface area contributed by atoms with Crippen molar-refractivity contribution in [2.45, 2.75) is 31.8 Å². The maximum atomic E-state index is 10.2. The van der Waals surface area contributed by atoms with Crippen LogP contribution in [0.25, 0.3) is 0 Å². The summed E-state index contributed by atoms with van der Waals surface area (Å²) in [5.41, 5.74) is 1.74. The van der Waals surface area contributed by atoms with Crippen molar-refractivity contribution < 1.29 is 14.3 Å². The van der Waals surface area contributed by atoms with Gasteiger partial charge in [0.2, 0.25) is 5.88 Å². The van der Waals surface area contributed by atoms with Crippen LogP contribution in [-0.4, -0.2) is 23.8 Å². The standard InChI is InChI=1S/C11H14N2O3/c1-15-11-9(6-16-7-14)5-10(12-13-11)8-3-2-4-8/h5,7-8H,2-4,6H2,1H3. The number of hydrogen-bond donors (Lipinski definition) is 0. The molecular formula is C11H14N2O3. The van der Waals surface area contributed by atoms with Gasteiger partial charge in [0.25, 0.3) is 6.47 Å². The number of aromatic nitrogens is 2. The second-order valence-corrected chi connectivity index (χ2v) is 3.84. The Bertz CT molecular complexity index is 377. The van der Waals surface area contributed by atoms with Crippen LogP contribution in [0.5, 0.6) is 5.88 Å². The van der Waals surface area contributed by atoms with Crippen LogP contribution in [-0.2, 0) is 16.1 Å². The summed E-state index contributed by atoms with van der Waals surface area (Å²) in [6.07, 6.45) is 3.57. The average Bonchev–Trinajstić information content (AvgIpc) is 2.24. The van der Waals surface area contributed by atoms with Crippen molar-refractivity contribution in [3.63, 3.8) is 0 Å². The molecule has 1 heterocycles. The van der Waals surface area contributed by atoms with E-state index < -0.39 is 0 Å². The molecule has 0 radical (unpaired) electrons. The number of nitrogens with zero attached hydrogens (tertiary/aromatic N) is 2. The van der Waals surface area contributed by atoms with Gasteiger partial charge in [0.1, 0.15) is 6.61 Å². The van der Waals surface area contributed by atoms with Gasteiger partial charge in [-0.25, -0.2) is 0 Å². The molecule has 0 saturated heterocycles. The molecule has 1 fully saturated rings. The molecule has 0 bridgehead atoms. The van der Waals surface area contributed by atoms with Gasteiger partial charge in [-0.15, -0.1) is 5.10 Å². The van der Waals surface area contributed by atoms with E-state index in [1.807, 2.05) is 6.07 Å². The summed E-state index contributed by atoms with van der Waals surface area (Å²) in [6, 6.07) is 1.92. The lowest BCUT2D eigenvalue weighted by atomic mass is 9.82. The van der Waals surface area contributed by atoms with Crippen LogP contribution in [0.2, 0.25) is 0 Å². The quantitative estimate of drug-likeness (QED) is 0.705. The minimum absolute atomic E-state index is 0.182. The third kappa shape index (κ3) is 2.13. The first-order valence-corrected chi connectivity index (χ1v) is 5.31. The predicted molar refractivity (Wildman–Crippen MR) is 56.0 cm³/mol. The van der Waals surface area contributed by atoms with Crippen molar-refractivity contribution in [3.8, 4) is 5.88 Å². The van der Waals surface area contributed by atoms with Crippen molar-refractivity contribution in [1.29, 1.82) is 0 Å². The van der Waals surface area contributed by atoms with Crippen LogP contribution in [0.1, 0.15) is 36.4 Å². The van der Waals surface area contributed by atoms with Gasteiger partial charge in [-0.1, -0.05) is 6.42 Å². The zero-order chi connectivity index (χ0) is 11.4. The highest BCUT2D eigenvalue weighted by Crippen LogP contribution is 2.35. The Hall–Kier alpha value is -1.65. The third-order valence-electron chi connectivity index (χ3n) is 2.88. The molecule has 0 unspecified atom stereocenters. The van der Waals surface area contributed by atoms with E-state index in [9.17, 15) is 4.79 Å². The smallest absolute Gasteiger partial charge is 0.293 e. The van der Waals surface area contributed by atoms with E-state index in [1.54, 1.807) is 0 Å². The molecule has 0 N–H and O–H groups in total. The van der Waals surface area contributed by atoms with Crippen LogP contribution >= 0.6 is 0 Å². The largest absolute Gasteiger partial charge is 0.480 e. The fourth-order valence-electron chi connectivity index (χ4n) is 1.74. The summed E-state index contributed by atoms with van der Waals surface area (Å²) in [5, 5.41) is 8.11. The van der Waals surface area contributed by atoms with Crippen molar-refractivity contribution in [1.82, 2.24) is 10.2 Å². The first kappa shape index (κ1) is 10.9. The summed E-state index contributed by atoms with van der Waals surface area (Å²) < 4.78 is 9.78. The average molecular weight is 222 g/mol. The van der Waals surface area contributed by atoms with E-state index in [1.165, 1.54) is 13.5 Å². The summed E-state index contributed by atoms with van der Waals surface area (Å²) in [7, 11) is 1.53. The normalized spacial score (nSPS) is 15.3. The Morgan fingerprint density at radius 3 is 2.88 bits per heavy atom. The van der Waals surface area contributed by atoms with Gasteiger partial charge in [-0.05, 0) is 18.9 Å². The van der Waals surface area contributed by atoms with Gasteiger partial charge in [0.15, 0.2) is 0 Å². The van der Waals surface area contributed by atoms with Crippen molar-refractivity contribution in [2.75, 3.05) is 7.11 Å². The highest BCUT2D eigenvalue weighted by Gasteiger charge is 2.22. The van der Waals surface area contributed by atoms with Crippen molar-refractivity contribution in [2.24, 2.45) is 0 Å². The minimum Gasteiger partial charge on any atom is -0.480 e. The van der Waals surface area contributed by atoms with E-state index in [-0.39, 0.29) is 6.61 Å². The molecule has 16 heavy (non-hydrogen) atoms. The molecule has 1 saturated carbocycles. The van der Waals surface area contributed by atoms with Crippen LogP contribution in [0.4, 0.5) is 0 Å². The maximum absolute atomic E-state index is 10.2. The second-order valence-electron chi connectivity index (χ2n) is 3.84. The molecule has 1 aromatic rings. The Morgan fingerprint density at radius 1 is 1.50 bits per heavy atom. The molecule has 5 heteroatoms. The molecular weight excluding hydrogens is 208 g/mol. The monoisotopic (exact) mass is 222 g/mol. The lowest BCUT2D eigenvalue weighted by Gasteiger charge is -2.24. The van der Waals surface area contributed by atoms with Crippen LogP contribution < -0.4 is 4.74 Å². The van der Waals surface area contributed by atoms with Crippen LogP contribution in [0.15, 0.2) is 6.07 Å². The molecule has 0 atom stereocenters. The molecule has 0 aliphatic heterocycles. The fraction of sp³-hybridized carbons (Fsp3) is 0.545. The Kier molecular flexibility index (Phi) is 3.34. The van der Waals surface area contributed by atoms with Gasteiger partial charge >= 0.3 is 0 Å². The minimum atomic E-state index is 0.182. The van der Waals surface area contributed by atoms with E-state index in [0.717, 1.165) is 24.1 Å². The third-order valence-corrected chi connectivity index (χ3v) is 2.88. The molecule has 1 aliphatic carbocycles. The van der Waals surface area contributed by atoms with E-state index >= 15 is 0 Å². The second kappa shape index (κ2) is 4.92. The molecule has 86 valence electrons. The molecule has 0 aromatic carbocycles. The lowest BCUT2D eigenvalue weighted by molar-refractivity contribution is -0.129. The van der Waals surface area contributed by atoms with E-state index in [2.05, 4.69) is 10.2 Å². The molecule has 5 nitrogen and oxygen atoms in total. The van der Waals surface area contributed by atoms with Crippen molar-refractivity contribution >= 4 is 6.47 Å². The van der Waals surface area contributed by atoms with E-state index in [4.69, 9.17) is 9.47 Å². The summed E-state index contributed by atoms with van der Waals surface area (Å²) >= 11 is 0. The van der Waals surface area contributed by atoms with E-state index in [0.29, 0.717) is 18.3 Å². The number of ether oxygens (including phenoxy) is 2. The summed E-state index contributed by atoms with van der Waals surface area (Å²) in [5.74, 6) is 0.929. The Morgan fingerprint density at radius 2 is 2.31 bits per heavy atom. The van der Waals surface area contributed by atoms with Gasteiger partial charge in [0, 0.05) is 5.92 Å². The van der Waals surface area contributed by atoms with Crippen LogP contribution in [0.3, 0.4) is 0 Å². The molecule has 0 amide bonds.